The predicted molar refractivity (Wildman–Crippen MR) is 91.0 cm³/mol. The molecule has 3 nitrogen and oxygen atoms in total. The molecule has 0 bridgehead atoms. The van der Waals surface area contributed by atoms with Gasteiger partial charge in [0.1, 0.15) is 11.6 Å². The molecule has 2 aromatic carbocycles. The standard InChI is InChI=1S/C17H13IN2O/c18-16-9-5-4-8-14(16)10-15(11-19)17(21)20-12-13-6-2-1-3-7-13/h1-10H,12H2,(H,20,21)/b15-10-. The van der Waals surface area contributed by atoms with E-state index in [4.69, 9.17) is 5.26 Å². The minimum atomic E-state index is -0.360. The third-order valence-electron chi connectivity index (χ3n) is 2.87. The number of benzene rings is 2. The van der Waals surface area contributed by atoms with Crippen molar-refractivity contribution in [1.29, 1.82) is 5.26 Å². The van der Waals surface area contributed by atoms with Gasteiger partial charge in [-0.2, -0.15) is 5.26 Å². The zero-order chi connectivity index (χ0) is 15.1. The van der Waals surface area contributed by atoms with Gasteiger partial charge in [-0.05, 0) is 45.9 Å². The molecule has 104 valence electrons. The van der Waals surface area contributed by atoms with Crippen LogP contribution in [0.5, 0.6) is 0 Å². The lowest BCUT2D eigenvalue weighted by Crippen LogP contribution is -2.23. The molecule has 1 amide bonds. The Morgan fingerprint density at radius 2 is 1.81 bits per heavy atom. The van der Waals surface area contributed by atoms with Gasteiger partial charge >= 0.3 is 0 Å². The molecule has 4 heteroatoms. The van der Waals surface area contributed by atoms with Gasteiger partial charge in [0.25, 0.3) is 5.91 Å². The molecular formula is C17H13IN2O. The molecular weight excluding hydrogens is 375 g/mol. The number of nitrogens with zero attached hydrogens (tertiary/aromatic N) is 1. The fraction of sp³-hybridized carbons (Fsp3) is 0.0588. The van der Waals surface area contributed by atoms with Crippen LogP contribution in [0, 0.1) is 14.9 Å². The second kappa shape index (κ2) is 7.60. The first-order valence-electron chi connectivity index (χ1n) is 6.39. The van der Waals surface area contributed by atoms with Gasteiger partial charge in [-0.15, -0.1) is 0 Å². The number of amides is 1. The van der Waals surface area contributed by atoms with Crippen LogP contribution in [-0.4, -0.2) is 5.91 Å². The number of nitrogens with one attached hydrogen (secondary N) is 1. The van der Waals surface area contributed by atoms with Gasteiger partial charge in [0.05, 0.1) is 0 Å². The molecule has 21 heavy (non-hydrogen) atoms. The summed E-state index contributed by atoms with van der Waals surface area (Å²) in [4.78, 5) is 12.1. The number of carbonyl (C=O) groups excluding carboxylic acids is 1. The van der Waals surface area contributed by atoms with Gasteiger partial charge in [0, 0.05) is 10.1 Å². The second-order valence-corrected chi connectivity index (χ2v) is 5.52. The highest BCUT2D eigenvalue weighted by atomic mass is 127. The summed E-state index contributed by atoms with van der Waals surface area (Å²) >= 11 is 2.18. The number of carbonyl (C=O) groups is 1. The highest BCUT2D eigenvalue weighted by molar-refractivity contribution is 14.1. The van der Waals surface area contributed by atoms with Crippen LogP contribution >= 0.6 is 22.6 Å². The van der Waals surface area contributed by atoms with Crippen molar-refractivity contribution < 1.29 is 4.79 Å². The van der Waals surface area contributed by atoms with Gasteiger partial charge in [-0.25, -0.2) is 0 Å². The van der Waals surface area contributed by atoms with E-state index in [1.165, 1.54) is 0 Å². The number of nitriles is 1. The molecule has 1 N–H and O–H groups in total. The first-order valence-corrected chi connectivity index (χ1v) is 7.47. The van der Waals surface area contributed by atoms with E-state index in [9.17, 15) is 4.79 Å². The van der Waals surface area contributed by atoms with Crippen molar-refractivity contribution in [2.24, 2.45) is 0 Å². The fourth-order valence-electron chi connectivity index (χ4n) is 1.77. The Labute approximate surface area is 137 Å². The van der Waals surface area contributed by atoms with Crippen molar-refractivity contribution >= 4 is 34.6 Å². The van der Waals surface area contributed by atoms with Gasteiger partial charge in [-0.3, -0.25) is 4.79 Å². The molecule has 0 aliphatic carbocycles. The molecule has 2 aromatic rings. The van der Waals surface area contributed by atoms with Crippen LogP contribution in [0.2, 0.25) is 0 Å². The Kier molecular flexibility index (Phi) is 5.52. The van der Waals surface area contributed by atoms with Crippen LogP contribution < -0.4 is 5.32 Å². The Balaban J connectivity index is 2.09. The molecule has 0 aromatic heterocycles. The Hall–Kier alpha value is -2.13. The smallest absolute Gasteiger partial charge is 0.262 e. The maximum atomic E-state index is 12.1. The molecule has 0 saturated carbocycles. The number of halogens is 1. The topological polar surface area (TPSA) is 52.9 Å². The van der Waals surface area contributed by atoms with Crippen molar-refractivity contribution in [3.8, 4) is 6.07 Å². The average molecular weight is 388 g/mol. The second-order valence-electron chi connectivity index (χ2n) is 4.36. The van der Waals surface area contributed by atoms with E-state index >= 15 is 0 Å². The lowest BCUT2D eigenvalue weighted by molar-refractivity contribution is -0.117. The van der Waals surface area contributed by atoms with Crippen molar-refractivity contribution in [3.05, 3.63) is 74.9 Å². The fourth-order valence-corrected chi connectivity index (χ4v) is 2.31. The first-order chi connectivity index (χ1) is 10.2. The third kappa shape index (κ3) is 4.43. The molecule has 0 heterocycles. The minimum absolute atomic E-state index is 0.107. The summed E-state index contributed by atoms with van der Waals surface area (Å²) in [6, 6.07) is 19.2. The van der Waals surface area contributed by atoms with Crippen molar-refractivity contribution in [2.75, 3.05) is 0 Å². The Bertz CT molecular complexity index is 702. The SMILES string of the molecule is N#C/C(=C/c1ccccc1I)C(=O)NCc1ccccc1. The first kappa shape index (κ1) is 15.3. The van der Waals surface area contributed by atoms with E-state index in [0.717, 1.165) is 14.7 Å². The summed E-state index contributed by atoms with van der Waals surface area (Å²) in [7, 11) is 0. The third-order valence-corrected chi connectivity index (χ3v) is 3.85. The molecule has 0 radical (unpaired) electrons. The van der Waals surface area contributed by atoms with Crippen LogP contribution in [0.4, 0.5) is 0 Å². The molecule has 0 atom stereocenters. The highest BCUT2D eigenvalue weighted by Crippen LogP contribution is 2.15. The lowest BCUT2D eigenvalue weighted by atomic mass is 10.1. The van der Waals surface area contributed by atoms with Crippen LogP contribution in [0.15, 0.2) is 60.2 Å². The van der Waals surface area contributed by atoms with E-state index < -0.39 is 0 Å². The molecule has 0 spiro atoms. The van der Waals surface area contributed by atoms with E-state index in [0.29, 0.717) is 6.54 Å². The molecule has 0 unspecified atom stereocenters. The van der Waals surface area contributed by atoms with Gasteiger partial charge in [0.15, 0.2) is 0 Å². The molecule has 0 fully saturated rings. The summed E-state index contributed by atoms with van der Waals surface area (Å²) in [6.07, 6.45) is 1.61. The summed E-state index contributed by atoms with van der Waals surface area (Å²) in [5.74, 6) is -0.360. The highest BCUT2D eigenvalue weighted by Gasteiger charge is 2.09. The normalized spacial score (nSPS) is 10.8. The predicted octanol–water partition coefficient (Wildman–Crippen LogP) is 3.51. The zero-order valence-corrected chi connectivity index (χ0v) is 13.4. The van der Waals surface area contributed by atoms with Crippen LogP contribution in [-0.2, 0) is 11.3 Å². The van der Waals surface area contributed by atoms with Gasteiger partial charge in [0.2, 0.25) is 0 Å². The lowest BCUT2D eigenvalue weighted by Gasteiger charge is -2.05. The average Bonchev–Trinajstić information content (AvgIpc) is 2.53. The van der Waals surface area contributed by atoms with E-state index in [1.807, 2.05) is 60.7 Å². The number of hydrogen-bond donors (Lipinski definition) is 1. The Morgan fingerprint density at radius 1 is 1.14 bits per heavy atom. The maximum absolute atomic E-state index is 12.1. The van der Waals surface area contributed by atoms with Crippen LogP contribution in [0.1, 0.15) is 11.1 Å². The molecule has 2 rings (SSSR count). The van der Waals surface area contributed by atoms with Crippen molar-refractivity contribution in [1.82, 2.24) is 5.32 Å². The van der Waals surface area contributed by atoms with E-state index in [-0.39, 0.29) is 11.5 Å². The monoisotopic (exact) mass is 388 g/mol. The van der Waals surface area contributed by atoms with Crippen LogP contribution in [0.3, 0.4) is 0 Å². The summed E-state index contributed by atoms with van der Waals surface area (Å²) < 4.78 is 0.999. The zero-order valence-electron chi connectivity index (χ0n) is 11.2. The maximum Gasteiger partial charge on any atom is 0.262 e. The molecule has 0 aliphatic rings. The van der Waals surface area contributed by atoms with Crippen molar-refractivity contribution in [2.45, 2.75) is 6.54 Å². The number of hydrogen-bond acceptors (Lipinski definition) is 2. The summed E-state index contributed by atoms with van der Waals surface area (Å²) in [6.45, 7) is 0.407. The van der Waals surface area contributed by atoms with E-state index in [2.05, 4.69) is 27.9 Å². The van der Waals surface area contributed by atoms with Gasteiger partial charge in [-0.1, -0.05) is 48.5 Å². The minimum Gasteiger partial charge on any atom is -0.347 e. The Morgan fingerprint density at radius 3 is 2.48 bits per heavy atom. The summed E-state index contributed by atoms with van der Waals surface area (Å²) in [5, 5.41) is 11.9. The van der Waals surface area contributed by atoms with Gasteiger partial charge < -0.3 is 5.32 Å². The summed E-state index contributed by atoms with van der Waals surface area (Å²) in [5.41, 5.74) is 1.97. The largest absolute Gasteiger partial charge is 0.347 e. The molecule has 0 aliphatic heterocycles. The number of rotatable bonds is 4. The molecule has 0 saturated heterocycles. The quantitative estimate of drug-likeness (QED) is 0.495. The van der Waals surface area contributed by atoms with E-state index in [1.54, 1.807) is 6.08 Å². The van der Waals surface area contributed by atoms with Crippen molar-refractivity contribution in [3.63, 3.8) is 0 Å². The van der Waals surface area contributed by atoms with Crippen LogP contribution in [0.25, 0.3) is 6.08 Å².